The molecule has 0 saturated carbocycles. The second-order valence-corrected chi connectivity index (χ2v) is 4.95. The van der Waals surface area contributed by atoms with E-state index in [1.807, 2.05) is 42.6 Å². The van der Waals surface area contributed by atoms with E-state index in [9.17, 15) is 4.79 Å². The number of amides is 1. The third kappa shape index (κ3) is 2.30. The number of nitriles is 1. The third-order valence-electron chi connectivity index (χ3n) is 3.60. The zero-order valence-corrected chi connectivity index (χ0v) is 11.1. The van der Waals surface area contributed by atoms with Gasteiger partial charge in [-0.15, -0.1) is 0 Å². The van der Waals surface area contributed by atoms with Crippen LogP contribution >= 0.6 is 0 Å². The predicted octanol–water partition coefficient (Wildman–Crippen LogP) is 2.31. The van der Waals surface area contributed by atoms with Crippen molar-refractivity contribution in [3.63, 3.8) is 0 Å². The minimum Gasteiger partial charge on any atom is -0.273 e. The lowest BCUT2D eigenvalue weighted by Crippen LogP contribution is -2.39. The van der Waals surface area contributed by atoms with Crippen LogP contribution in [-0.4, -0.2) is 29.0 Å². The second kappa shape index (κ2) is 5.22. The van der Waals surface area contributed by atoms with Crippen molar-refractivity contribution in [3.05, 3.63) is 48.0 Å². The maximum Gasteiger partial charge on any atom is 0.246 e. The molecule has 0 N–H and O–H groups in total. The van der Waals surface area contributed by atoms with Gasteiger partial charge in [0.05, 0.1) is 13.0 Å². The van der Waals surface area contributed by atoms with Crippen molar-refractivity contribution in [2.75, 3.05) is 13.1 Å². The lowest BCUT2D eigenvalue weighted by atomic mass is 10.0. The lowest BCUT2D eigenvalue weighted by molar-refractivity contribution is -0.138. The number of carbonyl (C=O) groups excluding carboxylic acids is 1. The Bertz CT molecular complexity index is 689. The average Bonchev–Trinajstić information content (AvgIpc) is 2.95. The van der Waals surface area contributed by atoms with Gasteiger partial charge in [-0.05, 0) is 22.8 Å². The molecule has 0 spiro atoms. The van der Waals surface area contributed by atoms with Crippen LogP contribution in [0.15, 0.2) is 42.5 Å². The van der Waals surface area contributed by atoms with Gasteiger partial charge in [-0.25, -0.2) is 10.0 Å². The Morgan fingerprint density at radius 1 is 1.15 bits per heavy atom. The highest BCUT2D eigenvalue weighted by atomic mass is 16.2. The zero-order valence-electron chi connectivity index (χ0n) is 11.1. The molecule has 1 heterocycles. The van der Waals surface area contributed by atoms with Crippen molar-refractivity contribution >= 4 is 16.7 Å². The highest BCUT2D eigenvalue weighted by molar-refractivity contribution is 5.85. The Hall–Kier alpha value is -2.54. The molecular formula is C16H15N3O. The quantitative estimate of drug-likeness (QED) is 0.783. The maximum absolute atomic E-state index is 12.3. The van der Waals surface area contributed by atoms with E-state index in [2.05, 4.69) is 6.07 Å². The number of benzene rings is 2. The summed E-state index contributed by atoms with van der Waals surface area (Å²) in [6.45, 7) is 1.28. The zero-order chi connectivity index (χ0) is 13.9. The minimum atomic E-state index is -0.0145. The van der Waals surface area contributed by atoms with Crippen molar-refractivity contribution in [1.29, 1.82) is 5.26 Å². The fraction of sp³-hybridized carbons (Fsp3) is 0.250. The van der Waals surface area contributed by atoms with Crippen molar-refractivity contribution in [3.8, 4) is 6.19 Å². The number of hydrogen-bond acceptors (Lipinski definition) is 3. The summed E-state index contributed by atoms with van der Waals surface area (Å²) in [6, 6.07) is 14.1. The largest absolute Gasteiger partial charge is 0.273 e. The standard InChI is InChI=1S/C16H15N3O/c17-12-18-8-3-9-19(18)16(20)11-13-6-7-14-4-1-2-5-15(14)10-13/h1-2,4-7,10H,3,8-9,11H2. The molecule has 20 heavy (non-hydrogen) atoms. The summed E-state index contributed by atoms with van der Waals surface area (Å²) in [6.07, 6.45) is 3.24. The molecule has 1 saturated heterocycles. The molecule has 4 heteroatoms. The Morgan fingerprint density at radius 3 is 2.75 bits per heavy atom. The summed E-state index contributed by atoms with van der Waals surface area (Å²) in [4.78, 5) is 12.3. The number of nitrogens with zero attached hydrogens (tertiary/aromatic N) is 3. The topological polar surface area (TPSA) is 47.3 Å². The van der Waals surface area contributed by atoms with Crippen LogP contribution in [0.3, 0.4) is 0 Å². The van der Waals surface area contributed by atoms with Crippen LogP contribution in [0.5, 0.6) is 0 Å². The van der Waals surface area contributed by atoms with Crippen LogP contribution in [0.2, 0.25) is 0 Å². The second-order valence-electron chi connectivity index (χ2n) is 4.95. The van der Waals surface area contributed by atoms with Gasteiger partial charge in [0, 0.05) is 6.54 Å². The molecule has 1 aliphatic rings. The highest BCUT2D eigenvalue weighted by Crippen LogP contribution is 2.17. The smallest absolute Gasteiger partial charge is 0.246 e. The molecule has 1 fully saturated rings. The van der Waals surface area contributed by atoms with Gasteiger partial charge in [-0.2, -0.15) is 5.26 Å². The summed E-state index contributed by atoms with van der Waals surface area (Å²) in [7, 11) is 0. The summed E-state index contributed by atoms with van der Waals surface area (Å²) < 4.78 is 0. The first-order valence-corrected chi connectivity index (χ1v) is 6.73. The molecule has 1 aliphatic heterocycles. The first kappa shape index (κ1) is 12.5. The first-order chi connectivity index (χ1) is 9.78. The first-order valence-electron chi connectivity index (χ1n) is 6.73. The number of hydrogen-bond donors (Lipinski definition) is 0. The molecular weight excluding hydrogens is 250 g/mol. The van der Waals surface area contributed by atoms with Gasteiger partial charge in [0.15, 0.2) is 6.19 Å². The van der Waals surface area contributed by atoms with E-state index >= 15 is 0 Å². The van der Waals surface area contributed by atoms with Gasteiger partial charge in [-0.1, -0.05) is 42.5 Å². The van der Waals surface area contributed by atoms with Crippen molar-refractivity contribution in [2.24, 2.45) is 0 Å². The monoisotopic (exact) mass is 265 g/mol. The highest BCUT2D eigenvalue weighted by Gasteiger charge is 2.25. The Balaban J connectivity index is 1.79. The van der Waals surface area contributed by atoms with E-state index < -0.39 is 0 Å². The van der Waals surface area contributed by atoms with E-state index in [4.69, 9.17) is 5.26 Å². The van der Waals surface area contributed by atoms with E-state index in [0.29, 0.717) is 19.5 Å². The molecule has 2 aromatic rings. The number of carbonyl (C=O) groups is 1. The van der Waals surface area contributed by atoms with Crippen LogP contribution < -0.4 is 0 Å². The van der Waals surface area contributed by atoms with Gasteiger partial charge < -0.3 is 0 Å². The molecule has 1 amide bonds. The minimum absolute atomic E-state index is 0.0145. The fourth-order valence-corrected chi connectivity index (χ4v) is 2.59. The van der Waals surface area contributed by atoms with Crippen molar-refractivity contribution in [2.45, 2.75) is 12.8 Å². The van der Waals surface area contributed by atoms with E-state index in [1.165, 1.54) is 10.4 Å². The van der Waals surface area contributed by atoms with E-state index in [-0.39, 0.29) is 5.91 Å². The molecule has 4 nitrogen and oxygen atoms in total. The van der Waals surface area contributed by atoms with Gasteiger partial charge in [0.1, 0.15) is 0 Å². The maximum atomic E-state index is 12.3. The van der Waals surface area contributed by atoms with Crippen LogP contribution in [0, 0.1) is 11.5 Å². The Kier molecular flexibility index (Phi) is 3.26. The Morgan fingerprint density at radius 2 is 1.95 bits per heavy atom. The summed E-state index contributed by atoms with van der Waals surface area (Å²) >= 11 is 0. The van der Waals surface area contributed by atoms with Crippen LogP contribution in [0.25, 0.3) is 10.8 Å². The van der Waals surface area contributed by atoms with Gasteiger partial charge in [-0.3, -0.25) is 4.79 Å². The molecule has 0 unspecified atom stereocenters. The molecule has 0 bridgehead atoms. The molecule has 2 aromatic carbocycles. The predicted molar refractivity (Wildman–Crippen MR) is 76.3 cm³/mol. The molecule has 0 aliphatic carbocycles. The molecule has 3 rings (SSSR count). The lowest BCUT2D eigenvalue weighted by Gasteiger charge is -2.22. The van der Waals surface area contributed by atoms with Gasteiger partial charge in [0.25, 0.3) is 0 Å². The van der Waals surface area contributed by atoms with Crippen LogP contribution in [0.1, 0.15) is 12.0 Å². The molecule has 0 radical (unpaired) electrons. The third-order valence-corrected chi connectivity index (χ3v) is 3.60. The average molecular weight is 265 g/mol. The number of fused-ring (bicyclic) bond motifs is 1. The van der Waals surface area contributed by atoms with Gasteiger partial charge in [0.2, 0.25) is 5.91 Å². The Labute approximate surface area is 117 Å². The fourth-order valence-electron chi connectivity index (χ4n) is 2.59. The summed E-state index contributed by atoms with van der Waals surface area (Å²) in [5, 5.41) is 14.3. The van der Waals surface area contributed by atoms with Gasteiger partial charge >= 0.3 is 0 Å². The van der Waals surface area contributed by atoms with Crippen molar-refractivity contribution < 1.29 is 4.79 Å². The van der Waals surface area contributed by atoms with E-state index in [1.54, 1.807) is 5.01 Å². The van der Waals surface area contributed by atoms with Crippen LogP contribution in [-0.2, 0) is 11.2 Å². The molecule has 100 valence electrons. The normalized spacial score (nSPS) is 14.6. The molecule has 0 atom stereocenters. The summed E-state index contributed by atoms with van der Waals surface area (Å²) in [5.74, 6) is -0.0145. The SMILES string of the molecule is N#CN1CCCN1C(=O)Cc1ccc2ccccc2c1. The van der Waals surface area contributed by atoms with E-state index in [0.717, 1.165) is 17.4 Å². The van der Waals surface area contributed by atoms with Crippen molar-refractivity contribution in [1.82, 2.24) is 10.0 Å². The number of rotatable bonds is 2. The number of hydrazine groups is 1. The summed E-state index contributed by atoms with van der Waals surface area (Å²) in [5.41, 5.74) is 0.985. The molecule has 0 aromatic heterocycles. The van der Waals surface area contributed by atoms with Crippen LogP contribution in [0.4, 0.5) is 0 Å².